The molecule has 0 spiro atoms. The third kappa shape index (κ3) is 4.60. The van der Waals surface area contributed by atoms with E-state index in [1.165, 1.54) is 17.7 Å². The SMILES string of the molecule is CN(Cc1cn2c(N3CCN(S(=O)(=O)c4ccccc4)CC3)nccc2n1)C1CCCc2cccnc21. The van der Waals surface area contributed by atoms with E-state index in [1.54, 1.807) is 34.8 Å². The number of hydrogen-bond acceptors (Lipinski definition) is 7. The van der Waals surface area contributed by atoms with Crippen LogP contribution in [-0.2, 0) is 23.0 Å². The van der Waals surface area contributed by atoms with Crippen LogP contribution in [0.3, 0.4) is 0 Å². The van der Waals surface area contributed by atoms with Gasteiger partial charge in [-0.1, -0.05) is 24.3 Å². The van der Waals surface area contributed by atoms with Crippen LogP contribution < -0.4 is 4.90 Å². The van der Waals surface area contributed by atoms with Crippen LogP contribution in [0.25, 0.3) is 5.65 Å². The number of fused-ring (bicyclic) bond motifs is 2. The number of hydrogen-bond donors (Lipinski definition) is 0. The molecule has 0 bridgehead atoms. The van der Waals surface area contributed by atoms with E-state index in [0.717, 1.165) is 30.1 Å². The molecule has 1 aromatic carbocycles. The van der Waals surface area contributed by atoms with Crippen molar-refractivity contribution >= 4 is 21.6 Å². The highest BCUT2D eigenvalue weighted by atomic mass is 32.2. The van der Waals surface area contributed by atoms with Crippen LogP contribution in [0.15, 0.2) is 72.0 Å². The van der Waals surface area contributed by atoms with Crippen molar-refractivity contribution in [2.75, 3.05) is 38.1 Å². The molecule has 1 aliphatic carbocycles. The second-order valence-electron chi connectivity index (χ2n) is 9.78. The second kappa shape index (κ2) is 9.85. The molecular weight excluding hydrogens is 486 g/mol. The molecule has 3 aromatic heterocycles. The summed E-state index contributed by atoms with van der Waals surface area (Å²) in [5, 5.41) is 0. The molecule has 6 rings (SSSR count). The average Bonchev–Trinajstić information content (AvgIpc) is 3.36. The van der Waals surface area contributed by atoms with Crippen LogP contribution >= 0.6 is 0 Å². The molecule has 0 radical (unpaired) electrons. The molecule has 1 aliphatic heterocycles. The number of aromatic nitrogens is 4. The Morgan fingerprint density at radius 3 is 2.59 bits per heavy atom. The zero-order valence-electron chi connectivity index (χ0n) is 20.9. The van der Waals surface area contributed by atoms with Gasteiger partial charge in [0.2, 0.25) is 16.0 Å². The average molecular weight is 518 g/mol. The van der Waals surface area contributed by atoms with Gasteiger partial charge in [0, 0.05) is 51.3 Å². The third-order valence-corrected chi connectivity index (χ3v) is 9.34. The van der Waals surface area contributed by atoms with E-state index in [2.05, 4.69) is 34.1 Å². The topological polar surface area (TPSA) is 86.9 Å². The van der Waals surface area contributed by atoms with E-state index in [4.69, 9.17) is 9.97 Å². The van der Waals surface area contributed by atoms with Crippen molar-refractivity contribution in [2.45, 2.75) is 36.7 Å². The monoisotopic (exact) mass is 517 g/mol. The van der Waals surface area contributed by atoms with Gasteiger partial charge in [-0.2, -0.15) is 4.31 Å². The lowest BCUT2D eigenvalue weighted by Gasteiger charge is -2.34. The van der Waals surface area contributed by atoms with Crippen molar-refractivity contribution < 1.29 is 8.42 Å². The van der Waals surface area contributed by atoms with Crippen molar-refractivity contribution in [1.82, 2.24) is 28.6 Å². The van der Waals surface area contributed by atoms with Crippen molar-refractivity contribution in [3.05, 3.63) is 84.1 Å². The summed E-state index contributed by atoms with van der Waals surface area (Å²) in [5.74, 6) is 0.792. The molecular formula is C27H31N7O2S. The number of benzene rings is 1. The molecule has 1 unspecified atom stereocenters. The molecule has 9 nitrogen and oxygen atoms in total. The minimum absolute atomic E-state index is 0.284. The summed E-state index contributed by atoms with van der Waals surface area (Å²) in [6, 6.07) is 15.0. The fourth-order valence-electron chi connectivity index (χ4n) is 5.52. The largest absolute Gasteiger partial charge is 0.339 e. The molecule has 192 valence electrons. The lowest BCUT2D eigenvalue weighted by Crippen LogP contribution is -2.49. The van der Waals surface area contributed by atoms with E-state index < -0.39 is 10.0 Å². The summed E-state index contributed by atoms with van der Waals surface area (Å²) in [6.45, 7) is 2.67. The number of sulfonamides is 1. The van der Waals surface area contributed by atoms with Gasteiger partial charge in [-0.25, -0.2) is 18.4 Å². The molecule has 1 saturated heterocycles. The third-order valence-electron chi connectivity index (χ3n) is 7.42. The predicted molar refractivity (Wildman–Crippen MR) is 142 cm³/mol. The maximum atomic E-state index is 13.0. The summed E-state index contributed by atoms with van der Waals surface area (Å²) in [6.07, 6.45) is 9.08. The highest BCUT2D eigenvalue weighted by Gasteiger charge is 2.30. The van der Waals surface area contributed by atoms with Gasteiger partial charge in [0.1, 0.15) is 5.65 Å². The van der Waals surface area contributed by atoms with E-state index in [1.807, 2.05) is 28.8 Å². The van der Waals surface area contributed by atoms with E-state index in [0.29, 0.717) is 37.6 Å². The predicted octanol–water partition coefficient (Wildman–Crippen LogP) is 3.14. The standard InChI is InChI=1S/C27H31N7O2S/c1-31(24-11-5-7-21-8-6-13-28-26(21)24)19-22-20-34-25(30-22)12-14-29-27(34)32-15-17-33(18-16-32)37(35,36)23-9-3-2-4-10-23/h2-4,6,8-10,12-14,20,24H,5,7,11,15-19H2,1H3. The number of imidazole rings is 1. The van der Waals surface area contributed by atoms with Crippen LogP contribution in [0.2, 0.25) is 0 Å². The number of pyridine rings is 1. The molecule has 4 heterocycles. The Morgan fingerprint density at radius 2 is 1.78 bits per heavy atom. The molecule has 10 heteroatoms. The summed E-state index contributed by atoms with van der Waals surface area (Å²) in [7, 11) is -1.35. The lowest BCUT2D eigenvalue weighted by molar-refractivity contribution is 0.206. The van der Waals surface area contributed by atoms with E-state index >= 15 is 0 Å². The van der Waals surface area contributed by atoms with Crippen LogP contribution in [0.5, 0.6) is 0 Å². The maximum absolute atomic E-state index is 13.0. The number of nitrogens with zero attached hydrogens (tertiary/aromatic N) is 7. The van der Waals surface area contributed by atoms with Crippen LogP contribution in [0.4, 0.5) is 5.95 Å². The first-order valence-corrected chi connectivity index (χ1v) is 14.2. The van der Waals surface area contributed by atoms with Crippen LogP contribution in [0.1, 0.15) is 35.8 Å². The maximum Gasteiger partial charge on any atom is 0.243 e. The fraction of sp³-hybridized carbons (Fsp3) is 0.370. The van der Waals surface area contributed by atoms with Crippen molar-refractivity contribution in [2.24, 2.45) is 0 Å². The van der Waals surface area contributed by atoms with E-state index in [-0.39, 0.29) is 6.04 Å². The highest BCUT2D eigenvalue weighted by Crippen LogP contribution is 2.32. The van der Waals surface area contributed by atoms with Crippen molar-refractivity contribution in [3.63, 3.8) is 0 Å². The fourth-order valence-corrected chi connectivity index (χ4v) is 6.96. The van der Waals surface area contributed by atoms with Gasteiger partial charge < -0.3 is 4.90 Å². The molecule has 37 heavy (non-hydrogen) atoms. The Kier molecular flexibility index (Phi) is 6.39. The molecule has 2 aliphatic rings. The first-order valence-electron chi connectivity index (χ1n) is 12.8. The number of rotatable bonds is 6. The van der Waals surface area contributed by atoms with Gasteiger partial charge in [-0.15, -0.1) is 0 Å². The van der Waals surface area contributed by atoms with E-state index in [9.17, 15) is 8.42 Å². The first kappa shape index (κ1) is 24.0. The Hall–Kier alpha value is -3.34. The molecule has 1 atom stereocenters. The first-order chi connectivity index (χ1) is 18.0. The number of piperazine rings is 1. The quantitative estimate of drug-likeness (QED) is 0.388. The van der Waals surface area contributed by atoms with Crippen molar-refractivity contribution in [1.29, 1.82) is 0 Å². The number of aryl methyl sites for hydroxylation is 1. The smallest absolute Gasteiger partial charge is 0.243 e. The minimum atomic E-state index is -3.50. The Balaban J connectivity index is 1.18. The molecule has 0 amide bonds. The van der Waals surface area contributed by atoms with Gasteiger partial charge in [-0.3, -0.25) is 14.3 Å². The van der Waals surface area contributed by atoms with Crippen molar-refractivity contribution in [3.8, 4) is 0 Å². The Labute approximate surface area is 217 Å². The summed E-state index contributed by atoms with van der Waals surface area (Å²) in [5.41, 5.74) is 4.35. The summed E-state index contributed by atoms with van der Waals surface area (Å²) >= 11 is 0. The zero-order chi connectivity index (χ0) is 25.4. The summed E-state index contributed by atoms with van der Waals surface area (Å²) in [4.78, 5) is 19.0. The number of anilines is 1. The minimum Gasteiger partial charge on any atom is -0.339 e. The molecule has 0 saturated carbocycles. The van der Waals surface area contributed by atoms with Crippen LogP contribution in [-0.4, -0.2) is 70.2 Å². The highest BCUT2D eigenvalue weighted by molar-refractivity contribution is 7.89. The molecule has 0 N–H and O–H groups in total. The van der Waals surface area contributed by atoms with Gasteiger partial charge in [0.25, 0.3) is 0 Å². The summed E-state index contributed by atoms with van der Waals surface area (Å²) < 4.78 is 29.6. The Morgan fingerprint density at radius 1 is 0.973 bits per heavy atom. The zero-order valence-corrected chi connectivity index (χ0v) is 21.8. The van der Waals surface area contributed by atoms with Gasteiger partial charge in [0.15, 0.2) is 0 Å². The lowest BCUT2D eigenvalue weighted by atomic mass is 9.91. The Bertz CT molecular complexity index is 1500. The van der Waals surface area contributed by atoms with Crippen LogP contribution in [0, 0.1) is 0 Å². The molecule has 4 aromatic rings. The van der Waals surface area contributed by atoms with Gasteiger partial charge >= 0.3 is 0 Å². The van der Waals surface area contributed by atoms with Gasteiger partial charge in [0.05, 0.1) is 22.3 Å². The van der Waals surface area contributed by atoms with Gasteiger partial charge in [-0.05, 0) is 56.1 Å². The molecule has 1 fully saturated rings. The second-order valence-corrected chi connectivity index (χ2v) is 11.7. The normalized spacial score (nSPS) is 18.9.